The lowest BCUT2D eigenvalue weighted by Gasteiger charge is -2.22. The van der Waals surface area contributed by atoms with Crippen LogP contribution in [0.25, 0.3) is 0 Å². The molecule has 100 valence electrons. The lowest BCUT2D eigenvalue weighted by molar-refractivity contribution is -0.137. The fraction of sp³-hybridized carbons (Fsp3) is 0.455. The minimum atomic E-state index is -4.46. The largest absolute Gasteiger partial charge is 0.418 e. The molecule has 2 N–H and O–H groups in total. The molecular weight excluding hydrogens is 315 g/mol. The molecule has 1 heterocycles. The van der Waals surface area contributed by atoms with Crippen LogP contribution in [-0.4, -0.2) is 35.5 Å². The first-order valence-electron chi connectivity index (χ1n) is 5.27. The number of hydrogen-bond acceptors (Lipinski definition) is 3. The Morgan fingerprint density at radius 3 is 2.22 bits per heavy atom. The molecule has 2 rings (SSSR count). The van der Waals surface area contributed by atoms with E-state index in [0.717, 1.165) is 6.07 Å². The van der Waals surface area contributed by atoms with Crippen LogP contribution in [0.15, 0.2) is 22.7 Å². The molecule has 0 spiro atoms. The van der Waals surface area contributed by atoms with Gasteiger partial charge in [0.05, 0.1) is 23.5 Å². The summed E-state index contributed by atoms with van der Waals surface area (Å²) in [5, 5.41) is 18.8. The van der Waals surface area contributed by atoms with Gasteiger partial charge in [-0.25, -0.2) is 0 Å². The van der Waals surface area contributed by atoms with Crippen LogP contribution >= 0.6 is 15.9 Å². The molecule has 1 aromatic rings. The molecule has 0 aromatic heterocycles. The number of aliphatic hydroxyl groups is 2. The van der Waals surface area contributed by atoms with Crippen molar-refractivity contribution >= 4 is 21.6 Å². The molecule has 3 nitrogen and oxygen atoms in total. The summed E-state index contributed by atoms with van der Waals surface area (Å²) < 4.78 is 39.1. The summed E-state index contributed by atoms with van der Waals surface area (Å²) in [7, 11) is 0. The van der Waals surface area contributed by atoms with Gasteiger partial charge in [-0.05, 0) is 18.2 Å². The van der Waals surface area contributed by atoms with Gasteiger partial charge in [0.1, 0.15) is 0 Å². The minimum absolute atomic E-state index is 0.0132. The van der Waals surface area contributed by atoms with Gasteiger partial charge in [0, 0.05) is 17.6 Å². The third-order valence-corrected chi connectivity index (χ3v) is 3.36. The Morgan fingerprint density at radius 1 is 1.17 bits per heavy atom. The molecule has 0 amide bonds. The molecule has 2 atom stereocenters. The lowest BCUT2D eigenvalue weighted by Crippen LogP contribution is -2.24. The molecule has 1 saturated heterocycles. The van der Waals surface area contributed by atoms with Crippen LogP contribution in [0.5, 0.6) is 0 Å². The third kappa shape index (κ3) is 2.62. The van der Waals surface area contributed by atoms with E-state index in [-0.39, 0.29) is 18.8 Å². The molecule has 0 saturated carbocycles. The van der Waals surface area contributed by atoms with E-state index in [4.69, 9.17) is 0 Å². The minimum Gasteiger partial charge on any atom is -0.389 e. The zero-order chi connectivity index (χ0) is 13.5. The highest BCUT2D eigenvalue weighted by molar-refractivity contribution is 9.10. The SMILES string of the molecule is OC1CN(c2cc(Br)ccc2C(F)(F)F)CC1O. The fourth-order valence-corrected chi connectivity index (χ4v) is 2.32. The Hall–Kier alpha value is -0.790. The topological polar surface area (TPSA) is 43.7 Å². The Kier molecular flexibility index (Phi) is 3.57. The number of β-amino-alcohol motifs (C(OH)–C–C–N with tert-alkyl or cyclic N) is 2. The van der Waals surface area contributed by atoms with E-state index in [0.29, 0.717) is 4.47 Å². The number of nitrogens with zero attached hydrogens (tertiary/aromatic N) is 1. The quantitative estimate of drug-likeness (QED) is 0.830. The summed E-state index contributed by atoms with van der Waals surface area (Å²) in [6.07, 6.45) is -6.51. The number of hydrogen-bond donors (Lipinski definition) is 2. The second-order valence-electron chi connectivity index (χ2n) is 4.20. The van der Waals surface area contributed by atoms with E-state index in [1.54, 1.807) is 0 Å². The van der Waals surface area contributed by atoms with E-state index in [1.165, 1.54) is 17.0 Å². The monoisotopic (exact) mass is 325 g/mol. The number of alkyl halides is 3. The van der Waals surface area contributed by atoms with E-state index in [2.05, 4.69) is 15.9 Å². The van der Waals surface area contributed by atoms with Crippen LogP contribution in [0, 0.1) is 0 Å². The highest BCUT2D eigenvalue weighted by Crippen LogP contribution is 2.39. The highest BCUT2D eigenvalue weighted by atomic mass is 79.9. The molecule has 18 heavy (non-hydrogen) atoms. The van der Waals surface area contributed by atoms with Crippen LogP contribution in [0.1, 0.15) is 5.56 Å². The molecule has 0 bridgehead atoms. The molecule has 1 aliphatic rings. The van der Waals surface area contributed by atoms with Gasteiger partial charge in [0.15, 0.2) is 0 Å². The molecule has 2 unspecified atom stereocenters. The summed E-state index contributed by atoms with van der Waals surface area (Å²) >= 11 is 3.12. The van der Waals surface area contributed by atoms with E-state index in [1.807, 2.05) is 0 Å². The Bertz CT molecular complexity index is 442. The van der Waals surface area contributed by atoms with Gasteiger partial charge in [-0.15, -0.1) is 0 Å². The summed E-state index contributed by atoms with van der Waals surface area (Å²) in [6, 6.07) is 3.64. The first-order valence-corrected chi connectivity index (χ1v) is 6.06. The van der Waals surface area contributed by atoms with Gasteiger partial charge in [-0.1, -0.05) is 15.9 Å². The Balaban J connectivity index is 2.40. The van der Waals surface area contributed by atoms with Crippen molar-refractivity contribution in [3.8, 4) is 0 Å². The van der Waals surface area contributed by atoms with Crippen molar-refractivity contribution in [1.82, 2.24) is 0 Å². The normalized spacial score (nSPS) is 24.7. The number of rotatable bonds is 1. The summed E-state index contributed by atoms with van der Waals surface area (Å²) in [5.41, 5.74) is -0.806. The van der Waals surface area contributed by atoms with E-state index >= 15 is 0 Å². The van der Waals surface area contributed by atoms with Crippen LogP contribution < -0.4 is 4.90 Å². The van der Waals surface area contributed by atoms with Crippen molar-refractivity contribution in [2.24, 2.45) is 0 Å². The van der Waals surface area contributed by atoms with Crippen molar-refractivity contribution in [2.75, 3.05) is 18.0 Å². The molecule has 1 aromatic carbocycles. The standard InChI is InChI=1S/C11H11BrF3NO2/c12-6-1-2-7(11(13,14)15)8(3-6)16-4-9(17)10(18)5-16/h1-3,9-10,17-18H,4-5H2. The number of anilines is 1. The average Bonchev–Trinajstić information content (AvgIpc) is 2.57. The Labute approximate surface area is 110 Å². The number of aliphatic hydroxyl groups excluding tert-OH is 2. The molecule has 7 heteroatoms. The second-order valence-corrected chi connectivity index (χ2v) is 5.11. The van der Waals surface area contributed by atoms with Gasteiger partial charge < -0.3 is 15.1 Å². The van der Waals surface area contributed by atoms with Crippen molar-refractivity contribution in [2.45, 2.75) is 18.4 Å². The molecule has 0 aliphatic carbocycles. The molecule has 0 radical (unpaired) electrons. The smallest absolute Gasteiger partial charge is 0.389 e. The van der Waals surface area contributed by atoms with Crippen molar-refractivity contribution in [1.29, 1.82) is 0 Å². The second kappa shape index (κ2) is 4.71. The summed E-state index contributed by atoms with van der Waals surface area (Å²) in [4.78, 5) is 1.34. The molecule has 1 aliphatic heterocycles. The van der Waals surface area contributed by atoms with E-state index < -0.39 is 23.9 Å². The van der Waals surface area contributed by atoms with Gasteiger partial charge in [0.25, 0.3) is 0 Å². The van der Waals surface area contributed by atoms with E-state index in [9.17, 15) is 23.4 Å². The average molecular weight is 326 g/mol. The van der Waals surface area contributed by atoms with Crippen LogP contribution in [-0.2, 0) is 6.18 Å². The summed E-state index contributed by atoms with van der Waals surface area (Å²) in [5.74, 6) is 0. The zero-order valence-electron chi connectivity index (χ0n) is 9.15. The van der Waals surface area contributed by atoms with Crippen molar-refractivity contribution in [3.63, 3.8) is 0 Å². The van der Waals surface area contributed by atoms with Crippen molar-refractivity contribution < 1.29 is 23.4 Å². The first-order chi connectivity index (χ1) is 8.29. The molecule has 1 fully saturated rings. The molecular formula is C11H11BrF3NO2. The van der Waals surface area contributed by atoms with Gasteiger partial charge in [0.2, 0.25) is 0 Å². The zero-order valence-corrected chi connectivity index (χ0v) is 10.7. The number of halogens is 4. The Morgan fingerprint density at radius 2 is 1.72 bits per heavy atom. The highest BCUT2D eigenvalue weighted by Gasteiger charge is 2.38. The number of benzene rings is 1. The van der Waals surface area contributed by atoms with Crippen LogP contribution in [0.3, 0.4) is 0 Å². The maximum Gasteiger partial charge on any atom is 0.418 e. The third-order valence-electron chi connectivity index (χ3n) is 2.86. The van der Waals surface area contributed by atoms with Gasteiger partial charge in [-0.3, -0.25) is 0 Å². The predicted molar refractivity (Wildman–Crippen MR) is 63.4 cm³/mol. The van der Waals surface area contributed by atoms with Crippen LogP contribution in [0.2, 0.25) is 0 Å². The van der Waals surface area contributed by atoms with Crippen molar-refractivity contribution in [3.05, 3.63) is 28.2 Å². The maximum atomic E-state index is 12.9. The van der Waals surface area contributed by atoms with Crippen LogP contribution in [0.4, 0.5) is 18.9 Å². The lowest BCUT2D eigenvalue weighted by atomic mass is 10.1. The maximum absolute atomic E-state index is 12.9. The van der Waals surface area contributed by atoms with Gasteiger partial charge >= 0.3 is 6.18 Å². The summed E-state index contributed by atoms with van der Waals surface area (Å²) in [6.45, 7) is -0.0264. The predicted octanol–water partition coefficient (Wildman–Crippen LogP) is 2.01. The first kappa shape index (κ1) is 13.6. The fourth-order valence-electron chi connectivity index (χ4n) is 1.97. The van der Waals surface area contributed by atoms with Gasteiger partial charge in [-0.2, -0.15) is 13.2 Å².